The maximum absolute atomic E-state index is 13.0. The van der Waals surface area contributed by atoms with Crippen LogP contribution in [0.25, 0.3) is 11.2 Å². The molecule has 1 atom stereocenters. The number of nitrogens with one attached hydrogen (secondary N) is 4. The molecule has 0 aliphatic carbocycles. The summed E-state index contributed by atoms with van der Waals surface area (Å²) in [6.07, 6.45) is 1.97. The van der Waals surface area contributed by atoms with E-state index >= 15 is 0 Å². The third-order valence-electron chi connectivity index (χ3n) is 9.70. The number of anilines is 2. The van der Waals surface area contributed by atoms with Gasteiger partial charge in [0.1, 0.15) is 24.2 Å². The number of para-hydroxylation sites is 2. The van der Waals surface area contributed by atoms with Crippen molar-refractivity contribution in [2.75, 3.05) is 69.0 Å². The molecule has 10 N–H and O–H groups in total. The van der Waals surface area contributed by atoms with Gasteiger partial charge in [0.15, 0.2) is 22.1 Å². The van der Waals surface area contributed by atoms with Crippen LogP contribution in [-0.2, 0) is 27.3 Å². The molecule has 0 saturated heterocycles. The molecule has 6 aromatic rings. The van der Waals surface area contributed by atoms with Gasteiger partial charge in [-0.1, -0.05) is 70.9 Å². The number of rotatable bonds is 19. The standard InChI is InChI=1S/C43H47ClN16O5S/c1-58-33-4-2-3-5-34(33)65-25-32(42(58)63)50-41(62)39-51-35(54-56-39)22-28-8-6-27(7-9-28)12-15-36(61)48-18-20-64-21-19-59(47)24-31(46)26-66-43-52-38(49-17-16-45)37-40(53-43)60(57-55-37)23-29-10-13-30(44)14-11-29/h2-11,13-14,24,32H,16-23,25-26,45-47H2,1H3,(H,48,61)(H,50,62)(H,49,52,53)(H,51,54,56)/b31-24-/t32-/m0/s1. The van der Waals surface area contributed by atoms with Gasteiger partial charge in [-0.2, -0.15) is 0 Å². The third-order valence-corrected chi connectivity index (χ3v) is 10.9. The summed E-state index contributed by atoms with van der Waals surface area (Å²) >= 11 is 7.39. The molecule has 0 saturated carbocycles. The second-order valence-corrected chi connectivity index (χ2v) is 16.0. The second-order valence-electron chi connectivity index (χ2n) is 14.6. The molecule has 66 heavy (non-hydrogen) atoms. The number of carbonyl (C=O) groups excluding carboxylic acids is 3. The number of amides is 3. The van der Waals surface area contributed by atoms with Gasteiger partial charge in [0, 0.05) is 67.3 Å². The lowest BCUT2D eigenvalue weighted by Gasteiger charge is -2.19. The van der Waals surface area contributed by atoms with Gasteiger partial charge in [0.05, 0.1) is 32.0 Å². The van der Waals surface area contributed by atoms with Gasteiger partial charge in [-0.3, -0.25) is 19.5 Å². The molecule has 1 aliphatic heterocycles. The molecule has 0 spiro atoms. The number of H-pyrrole nitrogens is 1. The summed E-state index contributed by atoms with van der Waals surface area (Å²) in [5.41, 5.74) is 16.7. The lowest BCUT2D eigenvalue weighted by atomic mass is 10.1. The van der Waals surface area contributed by atoms with Crippen molar-refractivity contribution in [3.8, 4) is 17.6 Å². The van der Waals surface area contributed by atoms with Crippen LogP contribution >= 0.6 is 23.4 Å². The Morgan fingerprint density at radius 1 is 1.06 bits per heavy atom. The molecule has 3 aromatic heterocycles. The Balaban J connectivity index is 0.793. The van der Waals surface area contributed by atoms with Crippen LogP contribution in [0.1, 0.15) is 33.1 Å². The number of hydrogen-bond acceptors (Lipinski definition) is 17. The van der Waals surface area contributed by atoms with Crippen molar-refractivity contribution in [3.63, 3.8) is 0 Å². The lowest BCUT2D eigenvalue weighted by molar-refractivity contribution is -0.120. The van der Waals surface area contributed by atoms with Crippen molar-refractivity contribution in [3.05, 3.63) is 118 Å². The zero-order chi connectivity index (χ0) is 46.4. The second kappa shape index (κ2) is 22.6. The minimum atomic E-state index is -0.921. The minimum Gasteiger partial charge on any atom is -0.489 e. The molecule has 0 unspecified atom stereocenters. The number of carbonyl (C=O) groups is 3. The number of fused-ring (bicyclic) bond motifs is 2. The fourth-order valence-corrected chi connectivity index (χ4v) is 7.19. The van der Waals surface area contributed by atoms with Crippen LogP contribution in [0.15, 0.2) is 89.8 Å². The van der Waals surface area contributed by atoms with Crippen LogP contribution in [0.2, 0.25) is 5.02 Å². The van der Waals surface area contributed by atoms with Crippen molar-refractivity contribution in [1.29, 1.82) is 0 Å². The van der Waals surface area contributed by atoms with E-state index < -0.39 is 17.9 Å². The van der Waals surface area contributed by atoms with E-state index in [4.69, 9.17) is 43.4 Å². The smallest absolute Gasteiger partial charge is 0.296 e. The summed E-state index contributed by atoms with van der Waals surface area (Å²) in [7, 11) is 1.63. The Bertz CT molecular complexity index is 2740. The van der Waals surface area contributed by atoms with E-state index in [2.05, 4.69) is 58.3 Å². The fourth-order valence-electron chi connectivity index (χ4n) is 6.38. The van der Waals surface area contributed by atoms with Gasteiger partial charge in [-0.15, -0.1) is 10.2 Å². The fraction of sp³-hybridized carbons (Fsp3) is 0.279. The normalized spacial score (nSPS) is 13.6. The highest BCUT2D eigenvalue weighted by Gasteiger charge is 2.31. The topological polar surface area (TPSA) is 288 Å². The third kappa shape index (κ3) is 12.7. The predicted octanol–water partition coefficient (Wildman–Crippen LogP) is 1.41. The number of thioether (sulfide) groups is 1. The lowest BCUT2D eigenvalue weighted by Crippen LogP contribution is -2.49. The molecule has 0 fully saturated rings. The highest BCUT2D eigenvalue weighted by atomic mass is 35.5. The zero-order valence-electron chi connectivity index (χ0n) is 35.7. The molecule has 3 aromatic carbocycles. The molecule has 0 bridgehead atoms. The number of aromatic nitrogens is 8. The summed E-state index contributed by atoms with van der Waals surface area (Å²) in [5.74, 6) is 11.9. The largest absolute Gasteiger partial charge is 0.489 e. The van der Waals surface area contributed by atoms with Gasteiger partial charge >= 0.3 is 0 Å². The first-order chi connectivity index (χ1) is 32.0. The van der Waals surface area contributed by atoms with E-state index in [1.165, 1.54) is 21.7 Å². The highest BCUT2D eigenvalue weighted by Crippen LogP contribution is 2.30. The SMILES string of the molecule is CN1C(=O)[C@@H](NC(=O)c2n[nH]c(Cc3ccc(C#CC(=O)NCCOCCN(N)/C=C(\N)CSc4nc(NCCN)c5nnn(Cc6ccc(Cl)cc6)c5n4)cc3)n2)COc2ccccc21. The average molecular weight is 935 g/mol. The molecule has 4 heterocycles. The van der Waals surface area contributed by atoms with Crippen molar-refractivity contribution >= 4 is 63.8 Å². The number of nitrogens with two attached hydrogens (primary N) is 3. The number of likely N-dealkylation sites (N-methyl/N-ethyl adjacent to an activating group) is 1. The number of nitrogens with zero attached hydrogens (tertiary/aromatic N) is 9. The molecule has 1 aliphatic rings. The first-order valence-corrected chi connectivity index (χ1v) is 22.0. The maximum atomic E-state index is 13.0. The van der Waals surface area contributed by atoms with Crippen LogP contribution in [-0.4, -0.2) is 128 Å². The quantitative estimate of drug-likeness (QED) is 0.0151. The van der Waals surface area contributed by atoms with E-state index in [0.29, 0.717) is 94.0 Å². The molecule has 342 valence electrons. The van der Waals surface area contributed by atoms with Gasteiger partial charge < -0.3 is 46.8 Å². The number of aromatic amines is 1. The summed E-state index contributed by atoms with van der Waals surface area (Å²) in [6, 6.07) is 20.9. The van der Waals surface area contributed by atoms with Gasteiger partial charge in [-0.05, 0) is 47.5 Å². The summed E-state index contributed by atoms with van der Waals surface area (Å²) in [4.78, 5) is 53.4. The number of hydrogen-bond donors (Lipinski definition) is 7. The molecular weight excluding hydrogens is 888 g/mol. The van der Waals surface area contributed by atoms with E-state index in [-0.39, 0.29) is 38.1 Å². The van der Waals surface area contributed by atoms with E-state index in [9.17, 15) is 14.4 Å². The van der Waals surface area contributed by atoms with Crippen molar-refractivity contribution in [2.24, 2.45) is 17.3 Å². The summed E-state index contributed by atoms with van der Waals surface area (Å²) in [6.45, 7) is 2.44. The molecule has 21 nitrogen and oxygen atoms in total. The zero-order valence-corrected chi connectivity index (χ0v) is 37.3. The van der Waals surface area contributed by atoms with E-state index in [0.717, 1.165) is 11.1 Å². The summed E-state index contributed by atoms with van der Waals surface area (Å²) < 4.78 is 13.1. The highest BCUT2D eigenvalue weighted by molar-refractivity contribution is 7.99. The van der Waals surface area contributed by atoms with Crippen LogP contribution < -0.4 is 42.9 Å². The maximum Gasteiger partial charge on any atom is 0.296 e. The first kappa shape index (κ1) is 46.7. The van der Waals surface area contributed by atoms with Gasteiger partial charge in [0.2, 0.25) is 5.82 Å². The number of hydrazine groups is 1. The predicted molar refractivity (Wildman–Crippen MR) is 248 cm³/mol. The Morgan fingerprint density at radius 2 is 1.85 bits per heavy atom. The Kier molecular flexibility index (Phi) is 16.0. The number of benzene rings is 3. The van der Waals surface area contributed by atoms with E-state index in [1.807, 2.05) is 42.5 Å². The van der Waals surface area contributed by atoms with Crippen LogP contribution in [0.4, 0.5) is 11.5 Å². The summed E-state index contributed by atoms with van der Waals surface area (Å²) in [5, 5.41) is 26.5. The molecule has 23 heteroatoms. The van der Waals surface area contributed by atoms with Crippen LogP contribution in [0, 0.1) is 11.8 Å². The molecular formula is C43H47ClN16O5S. The van der Waals surface area contributed by atoms with E-state index in [1.54, 1.807) is 48.3 Å². The Labute approximate surface area is 388 Å². The molecule has 0 radical (unpaired) electrons. The first-order valence-electron chi connectivity index (χ1n) is 20.6. The van der Waals surface area contributed by atoms with Gasteiger partial charge in [-0.25, -0.2) is 25.5 Å². The van der Waals surface area contributed by atoms with Crippen LogP contribution in [0.5, 0.6) is 5.75 Å². The van der Waals surface area contributed by atoms with Crippen molar-refractivity contribution in [1.82, 2.24) is 55.8 Å². The minimum absolute atomic E-state index is 0.0327. The molecule has 7 rings (SSSR count). The van der Waals surface area contributed by atoms with Crippen LogP contribution in [0.3, 0.4) is 0 Å². The van der Waals surface area contributed by atoms with Gasteiger partial charge in [0.25, 0.3) is 17.7 Å². The molecule has 3 amide bonds. The monoisotopic (exact) mass is 934 g/mol. The van der Waals surface area contributed by atoms with Crippen molar-refractivity contribution in [2.45, 2.75) is 24.2 Å². The average Bonchev–Trinajstić information content (AvgIpc) is 3.94. The number of ether oxygens (including phenoxy) is 2. The Morgan fingerprint density at radius 3 is 2.65 bits per heavy atom. The Hall–Kier alpha value is -7.29. The van der Waals surface area contributed by atoms with Crippen molar-refractivity contribution < 1.29 is 23.9 Å². The number of halogens is 1.